The molecule has 0 atom stereocenters. The van der Waals surface area contributed by atoms with Crippen LogP contribution in [0.4, 0.5) is 5.13 Å². The predicted octanol–water partition coefficient (Wildman–Crippen LogP) is 3.06. The molecule has 0 bridgehead atoms. The van der Waals surface area contributed by atoms with Crippen LogP contribution in [0, 0.1) is 0 Å². The summed E-state index contributed by atoms with van der Waals surface area (Å²) in [5.74, 6) is 1.85. The fourth-order valence-corrected chi connectivity index (χ4v) is 4.43. The lowest BCUT2D eigenvalue weighted by Crippen LogP contribution is -2.44. The predicted molar refractivity (Wildman–Crippen MR) is 124 cm³/mol. The number of morpholine rings is 1. The maximum absolute atomic E-state index is 13.2. The van der Waals surface area contributed by atoms with E-state index in [1.807, 2.05) is 30.3 Å². The number of nitrogens with zero attached hydrogens (tertiary/aromatic N) is 3. The Morgan fingerprint density at radius 1 is 1.09 bits per heavy atom. The fourth-order valence-electron chi connectivity index (χ4n) is 3.44. The van der Waals surface area contributed by atoms with Gasteiger partial charge in [0.25, 0.3) is 5.91 Å². The lowest BCUT2D eigenvalue weighted by molar-refractivity contribution is -0.120. The Kier molecular flexibility index (Phi) is 7.41. The SMILES string of the molecule is COc1cccc(OCC(=O)N(CCN2CCOCC2)c2nc3cc(OC)ccc3s2)c1. The van der Waals surface area contributed by atoms with Gasteiger partial charge in [0.2, 0.25) is 0 Å². The van der Waals surface area contributed by atoms with Crippen molar-refractivity contribution in [1.82, 2.24) is 9.88 Å². The number of carbonyl (C=O) groups is 1. The van der Waals surface area contributed by atoms with E-state index < -0.39 is 0 Å². The number of aromatic nitrogens is 1. The van der Waals surface area contributed by atoms with Gasteiger partial charge in [-0.15, -0.1) is 0 Å². The lowest BCUT2D eigenvalue weighted by atomic mass is 10.3. The van der Waals surface area contributed by atoms with Gasteiger partial charge in [-0.05, 0) is 24.3 Å². The number of hydrogen-bond donors (Lipinski definition) is 0. The summed E-state index contributed by atoms with van der Waals surface area (Å²) in [4.78, 5) is 21.9. The second-order valence-electron chi connectivity index (χ2n) is 7.30. The highest BCUT2D eigenvalue weighted by Gasteiger charge is 2.22. The highest BCUT2D eigenvalue weighted by Crippen LogP contribution is 2.31. The first-order valence-corrected chi connectivity index (χ1v) is 11.3. The summed E-state index contributed by atoms with van der Waals surface area (Å²) in [5, 5.41) is 0.653. The zero-order valence-corrected chi connectivity index (χ0v) is 19.1. The van der Waals surface area contributed by atoms with Gasteiger partial charge in [0.05, 0.1) is 37.6 Å². The molecule has 32 heavy (non-hydrogen) atoms. The number of methoxy groups -OCH3 is 2. The minimum atomic E-state index is -0.146. The summed E-state index contributed by atoms with van der Waals surface area (Å²) >= 11 is 1.49. The number of carbonyl (C=O) groups excluding carboxylic acids is 1. The number of rotatable bonds is 9. The number of hydrogen-bond acceptors (Lipinski definition) is 8. The van der Waals surface area contributed by atoms with Crippen molar-refractivity contribution in [2.24, 2.45) is 0 Å². The van der Waals surface area contributed by atoms with E-state index >= 15 is 0 Å². The number of anilines is 1. The molecule has 2 heterocycles. The minimum Gasteiger partial charge on any atom is -0.497 e. The minimum absolute atomic E-state index is 0.0878. The van der Waals surface area contributed by atoms with Crippen molar-refractivity contribution >= 4 is 32.6 Å². The molecule has 0 unspecified atom stereocenters. The van der Waals surface area contributed by atoms with Gasteiger partial charge < -0.3 is 18.9 Å². The van der Waals surface area contributed by atoms with Gasteiger partial charge in [0.1, 0.15) is 17.2 Å². The van der Waals surface area contributed by atoms with E-state index in [2.05, 4.69) is 4.90 Å². The van der Waals surface area contributed by atoms with E-state index in [1.54, 1.807) is 31.3 Å². The molecular weight excluding hydrogens is 430 g/mol. The van der Waals surface area contributed by atoms with Gasteiger partial charge in [-0.1, -0.05) is 17.4 Å². The molecule has 1 fully saturated rings. The van der Waals surface area contributed by atoms with E-state index in [4.69, 9.17) is 23.9 Å². The third-order valence-electron chi connectivity index (χ3n) is 5.26. The average Bonchev–Trinajstić information content (AvgIpc) is 3.26. The van der Waals surface area contributed by atoms with Crippen molar-refractivity contribution in [3.8, 4) is 17.2 Å². The van der Waals surface area contributed by atoms with Crippen molar-refractivity contribution in [3.05, 3.63) is 42.5 Å². The van der Waals surface area contributed by atoms with Crippen molar-refractivity contribution in [2.75, 3.05) is 65.1 Å². The number of fused-ring (bicyclic) bond motifs is 1. The summed E-state index contributed by atoms with van der Waals surface area (Å²) in [7, 11) is 3.22. The van der Waals surface area contributed by atoms with Gasteiger partial charge in [0.15, 0.2) is 11.7 Å². The van der Waals surface area contributed by atoms with Crippen LogP contribution in [0.15, 0.2) is 42.5 Å². The Labute approximate surface area is 191 Å². The molecule has 1 aromatic heterocycles. The van der Waals surface area contributed by atoms with Crippen LogP contribution in [-0.4, -0.2) is 76.0 Å². The van der Waals surface area contributed by atoms with Gasteiger partial charge in [-0.3, -0.25) is 14.6 Å². The molecule has 1 saturated heterocycles. The second kappa shape index (κ2) is 10.6. The van der Waals surface area contributed by atoms with Crippen molar-refractivity contribution in [2.45, 2.75) is 0 Å². The van der Waals surface area contributed by atoms with E-state index in [-0.39, 0.29) is 12.5 Å². The quantitative estimate of drug-likeness (QED) is 0.489. The van der Waals surface area contributed by atoms with Crippen molar-refractivity contribution in [1.29, 1.82) is 0 Å². The molecule has 1 amide bonds. The zero-order valence-electron chi connectivity index (χ0n) is 18.3. The highest BCUT2D eigenvalue weighted by atomic mass is 32.1. The largest absolute Gasteiger partial charge is 0.497 e. The highest BCUT2D eigenvalue weighted by molar-refractivity contribution is 7.22. The number of ether oxygens (including phenoxy) is 4. The maximum Gasteiger partial charge on any atom is 0.266 e. The molecule has 0 spiro atoms. The van der Waals surface area contributed by atoms with Crippen LogP contribution < -0.4 is 19.1 Å². The summed E-state index contributed by atoms with van der Waals surface area (Å²) in [6.07, 6.45) is 0. The molecule has 0 aliphatic carbocycles. The molecule has 9 heteroatoms. The first-order chi connectivity index (χ1) is 15.7. The smallest absolute Gasteiger partial charge is 0.266 e. The van der Waals surface area contributed by atoms with Crippen LogP contribution in [0.5, 0.6) is 17.2 Å². The van der Waals surface area contributed by atoms with Crippen LogP contribution in [0.2, 0.25) is 0 Å². The Morgan fingerprint density at radius 2 is 1.84 bits per heavy atom. The Balaban J connectivity index is 1.51. The standard InChI is InChI=1S/C23H27N3O5S/c1-28-17-4-3-5-19(14-17)31-16-22(27)26(9-8-25-10-12-30-13-11-25)23-24-20-15-18(29-2)6-7-21(20)32-23/h3-7,14-15H,8-13,16H2,1-2H3. The third-order valence-corrected chi connectivity index (χ3v) is 6.32. The summed E-state index contributed by atoms with van der Waals surface area (Å²) in [6.45, 7) is 4.33. The topological polar surface area (TPSA) is 73.4 Å². The van der Waals surface area contributed by atoms with Crippen LogP contribution in [0.25, 0.3) is 10.2 Å². The summed E-state index contributed by atoms with van der Waals surface area (Å²) in [6, 6.07) is 13.0. The van der Waals surface area contributed by atoms with E-state index in [1.165, 1.54) is 11.3 Å². The number of benzene rings is 2. The summed E-state index contributed by atoms with van der Waals surface area (Å²) < 4.78 is 22.7. The molecule has 1 aliphatic rings. The molecule has 0 radical (unpaired) electrons. The first kappa shape index (κ1) is 22.3. The molecule has 4 rings (SSSR count). The molecule has 2 aromatic carbocycles. The third kappa shape index (κ3) is 5.48. The summed E-state index contributed by atoms with van der Waals surface area (Å²) in [5.41, 5.74) is 0.808. The van der Waals surface area contributed by atoms with Crippen LogP contribution in [0.1, 0.15) is 0 Å². The Bertz CT molecular complexity index is 1050. The zero-order chi connectivity index (χ0) is 22.3. The van der Waals surface area contributed by atoms with Gasteiger partial charge in [-0.25, -0.2) is 4.98 Å². The Hall–Kier alpha value is -2.88. The van der Waals surface area contributed by atoms with Gasteiger partial charge in [-0.2, -0.15) is 0 Å². The molecule has 0 N–H and O–H groups in total. The lowest BCUT2D eigenvalue weighted by Gasteiger charge is -2.29. The van der Waals surface area contributed by atoms with Crippen LogP contribution in [-0.2, 0) is 9.53 Å². The molecular formula is C23H27N3O5S. The maximum atomic E-state index is 13.2. The van der Waals surface area contributed by atoms with E-state index in [0.29, 0.717) is 36.4 Å². The van der Waals surface area contributed by atoms with Crippen molar-refractivity contribution < 1.29 is 23.7 Å². The molecule has 8 nitrogen and oxygen atoms in total. The average molecular weight is 458 g/mol. The Morgan fingerprint density at radius 3 is 2.62 bits per heavy atom. The molecule has 3 aromatic rings. The van der Waals surface area contributed by atoms with E-state index in [0.717, 1.165) is 35.6 Å². The number of thiazole rings is 1. The normalized spacial score (nSPS) is 14.3. The van der Waals surface area contributed by atoms with Gasteiger partial charge >= 0.3 is 0 Å². The van der Waals surface area contributed by atoms with Crippen molar-refractivity contribution in [3.63, 3.8) is 0 Å². The molecule has 1 aliphatic heterocycles. The first-order valence-electron chi connectivity index (χ1n) is 10.5. The fraction of sp³-hybridized carbons (Fsp3) is 0.391. The van der Waals surface area contributed by atoms with Crippen LogP contribution in [0.3, 0.4) is 0 Å². The number of amides is 1. The van der Waals surface area contributed by atoms with E-state index in [9.17, 15) is 4.79 Å². The monoisotopic (exact) mass is 457 g/mol. The van der Waals surface area contributed by atoms with Crippen LogP contribution >= 0.6 is 11.3 Å². The second-order valence-corrected chi connectivity index (χ2v) is 8.31. The molecule has 0 saturated carbocycles. The van der Waals surface area contributed by atoms with Gasteiger partial charge in [0, 0.05) is 38.3 Å². The molecule has 170 valence electrons.